The molecule has 1 aliphatic carbocycles. The Morgan fingerprint density at radius 1 is 0.500 bits per heavy atom. The number of unbranched alkanes of at least 4 members (excludes halogenated alkanes) is 10. The van der Waals surface area contributed by atoms with E-state index in [4.69, 9.17) is 9.47 Å². The van der Waals surface area contributed by atoms with Crippen molar-refractivity contribution in [3.05, 3.63) is 24.3 Å². The van der Waals surface area contributed by atoms with Crippen LogP contribution in [-0.4, -0.2) is 25.4 Å². The lowest BCUT2D eigenvalue weighted by atomic mass is 10.1. The highest BCUT2D eigenvalue weighted by Gasteiger charge is 2.09. The van der Waals surface area contributed by atoms with Crippen molar-refractivity contribution in [1.29, 1.82) is 0 Å². The molecule has 0 bridgehead atoms. The third-order valence-corrected chi connectivity index (χ3v) is 4.60. The minimum absolute atomic E-state index is 0.148. The van der Waals surface area contributed by atoms with Gasteiger partial charge in [-0.3, -0.25) is 0 Å². The number of hydrogen-bond acceptors (Lipinski definition) is 2. The van der Waals surface area contributed by atoms with E-state index in [1.54, 1.807) is 0 Å². The van der Waals surface area contributed by atoms with Gasteiger partial charge in [0.2, 0.25) is 0 Å². The summed E-state index contributed by atoms with van der Waals surface area (Å²) in [7, 11) is 0. The van der Waals surface area contributed by atoms with Crippen LogP contribution in [0.1, 0.15) is 90.9 Å². The fourth-order valence-electron chi connectivity index (χ4n) is 2.99. The lowest BCUT2D eigenvalue weighted by molar-refractivity contribution is 0.0912. The first-order valence-corrected chi connectivity index (χ1v) is 10.5. The first kappa shape index (κ1) is 21.4. The summed E-state index contributed by atoms with van der Waals surface area (Å²) in [5.74, 6) is 0. The molecule has 0 heterocycles. The van der Waals surface area contributed by atoms with Gasteiger partial charge in [0.05, 0.1) is 12.2 Å². The van der Waals surface area contributed by atoms with Crippen molar-refractivity contribution < 1.29 is 9.47 Å². The van der Waals surface area contributed by atoms with Gasteiger partial charge in [-0.15, -0.1) is 0 Å². The van der Waals surface area contributed by atoms with Crippen molar-refractivity contribution >= 4 is 0 Å². The molecule has 140 valence electrons. The van der Waals surface area contributed by atoms with E-state index in [1.807, 2.05) is 0 Å². The lowest BCUT2D eigenvalue weighted by Gasteiger charge is -2.18. The van der Waals surface area contributed by atoms with Gasteiger partial charge in [-0.25, -0.2) is 0 Å². The number of hydrogen-bond donors (Lipinski definition) is 0. The van der Waals surface area contributed by atoms with Crippen molar-refractivity contribution in [2.45, 2.75) is 103 Å². The van der Waals surface area contributed by atoms with Gasteiger partial charge in [-0.2, -0.15) is 0 Å². The largest absolute Gasteiger partial charge is 0.370 e. The van der Waals surface area contributed by atoms with Crippen LogP contribution in [0.3, 0.4) is 0 Å². The average Bonchev–Trinajstić information content (AvgIpc) is 2.61. The molecule has 0 amide bonds. The first-order chi connectivity index (χ1) is 11.9. The molecule has 2 nitrogen and oxygen atoms in total. The molecular formula is C22H40O2. The summed E-state index contributed by atoms with van der Waals surface area (Å²) in [5, 5.41) is 0. The van der Waals surface area contributed by atoms with E-state index in [0.717, 1.165) is 13.2 Å². The Morgan fingerprint density at radius 2 is 0.833 bits per heavy atom. The second kappa shape index (κ2) is 15.9. The summed E-state index contributed by atoms with van der Waals surface area (Å²) in [6.07, 6.45) is 24.6. The van der Waals surface area contributed by atoms with Crippen LogP contribution in [0, 0.1) is 0 Å². The molecular weight excluding hydrogens is 296 g/mol. The van der Waals surface area contributed by atoms with E-state index in [9.17, 15) is 0 Å². The fraction of sp³-hybridized carbons (Fsp3) is 0.818. The van der Waals surface area contributed by atoms with E-state index in [-0.39, 0.29) is 12.2 Å². The standard InChI is InChI=1S/C22H40O2/c1-3-5-7-9-11-13-19-23-21-15-17-22(18-16-21)24-20-14-12-10-8-6-4-2/h15-18,21-22H,3-14,19-20H2,1-2H3. The van der Waals surface area contributed by atoms with E-state index < -0.39 is 0 Å². The molecule has 0 saturated heterocycles. The Balaban J connectivity index is 1.93. The third-order valence-electron chi connectivity index (χ3n) is 4.60. The van der Waals surface area contributed by atoms with Gasteiger partial charge in [0.25, 0.3) is 0 Å². The second-order valence-corrected chi connectivity index (χ2v) is 6.98. The Hall–Kier alpha value is -0.600. The van der Waals surface area contributed by atoms with Crippen LogP contribution in [0.25, 0.3) is 0 Å². The van der Waals surface area contributed by atoms with Crippen LogP contribution in [0.15, 0.2) is 24.3 Å². The summed E-state index contributed by atoms with van der Waals surface area (Å²) in [4.78, 5) is 0. The van der Waals surface area contributed by atoms with Crippen LogP contribution in [0.2, 0.25) is 0 Å². The molecule has 0 aromatic carbocycles. The van der Waals surface area contributed by atoms with Crippen LogP contribution >= 0.6 is 0 Å². The summed E-state index contributed by atoms with van der Waals surface area (Å²) in [6, 6.07) is 0. The van der Waals surface area contributed by atoms with Crippen LogP contribution < -0.4 is 0 Å². The molecule has 0 N–H and O–H groups in total. The zero-order valence-corrected chi connectivity index (χ0v) is 16.2. The average molecular weight is 337 g/mol. The smallest absolute Gasteiger partial charge is 0.0939 e. The second-order valence-electron chi connectivity index (χ2n) is 6.98. The zero-order valence-electron chi connectivity index (χ0n) is 16.2. The van der Waals surface area contributed by atoms with E-state index in [0.29, 0.717) is 0 Å². The quantitative estimate of drug-likeness (QED) is 0.233. The van der Waals surface area contributed by atoms with Crippen molar-refractivity contribution in [3.8, 4) is 0 Å². The predicted octanol–water partition coefficient (Wildman–Crippen LogP) is 6.60. The highest BCUT2D eigenvalue weighted by atomic mass is 16.5. The molecule has 2 heteroatoms. The number of ether oxygens (including phenoxy) is 2. The van der Waals surface area contributed by atoms with Gasteiger partial charge in [0.1, 0.15) is 0 Å². The lowest BCUT2D eigenvalue weighted by Crippen LogP contribution is -2.17. The maximum Gasteiger partial charge on any atom is 0.0939 e. The predicted molar refractivity (Wildman–Crippen MR) is 105 cm³/mol. The van der Waals surface area contributed by atoms with Crippen molar-refractivity contribution in [3.63, 3.8) is 0 Å². The topological polar surface area (TPSA) is 18.5 Å². The molecule has 0 radical (unpaired) electrons. The minimum Gasteiger partial charge on any atom is -0.370 e. The molecule has 1 rings (SSSR count). The fourth-order valence-corrected chi connectivity index (χ4v) is 2.99. The highest BCUT2D eigenvalue weighted by Crippen LogP contribution is 2.12. The van der Waals surface area contributed by atoms with Gasteiger partial charge in [0.15, 0.2) is 0 Å². The summed E-state index contributed by atoms with van der Waals surface area (Å²) in [5.41, 5.74) is 0. The first-order valence-electron chi connectivity index (χ1n) is 10.5. The Morgan fingerprint density at radius 3 is 1.21 bits per heavy atom. The molecule has 0 aromatic heterocycles. The third kappa shape index (κ3) is 11.9. The van der Waals surface area contributed by atoms with E-state index in [2.05, 4.69) is 38.2 Å². The highest BCUT2D eigenvalue weighted by molar-refractivity contribution is 5.16. The van der Waals surface area contributed by atoms with E-state index in [1.165, 1.54) is 77.0 Å². The van der Waals surface area contributed by atoms with Gasteiger partial charge >= 0.3 is 0 Å². The summed E-state index contributed by atoms with van der Waals surface area (Å²) >= 11 is 0. The molecule has 0 saturated carbocycles. The van der Waals surface area contributed by atoms with Crippen molar-refractivity contribution in [1.82, 2.24) is 0 Å². The monoisotopic (exact) mass is 336 g/mol. The minimum atomic E-state index is 0.148. The van der Waals surface area contributed by atoms with Crippen molar-refractivity contribution in [2.24, 2.45) is 0 Å². The molecule has 24 heavy (non-hydrogen) atoms. The molecule has 0 aliphatic heterocycles. The number of rotatable bonds is 16. The molecule has 0 spiro atoms. The summed E-state index contributed by atoms with van der Waals surface area (Å²) in [6.45, 7) is 6.26. The van der Waals surface area contributed by atoms with Gasteiger partial charge in [-0.1, -0.05) is 102 Å². The normalized spacial score (nSPS) is 19.9. The van der Waals surface area contributed by atoms with Gasteiger partial charge < -0.3 is 9.47 Å². The van der Waals surface area contributed by atoms with Gasteiger partial charge in [0, 0.05) is 13.2 Å². The Kier molecular flexibility index (Phi) is 14.2. The molecule has 0 unspecified atom stereocenters. The molecule has 0 fully saturated rings. The van der Waals surface area contributed by atoms with E-state index >= 15 is 0 Å². The molecule has 0 atom stereocenters. The van der Waals surface area contributed by atoms with Crippen LogP contribution in [0.5, 0.6) is 0 Å². The maximum atomic E-state index is 5.89. The SMILES string of the molecule is CCCCCCCCOC1C=CC(OCCCCCCCC)C=C1. The van der Waals surface area contributed by atoms with Crippen molar-refractivity contribution in [2.75, 3.05) is 13.2 Å². The van der Waals surface area contributed by atoms with Crippen LogP contribution in [0.4, 0.5) is 0 Å². The Labute approximate surface area is 150 Å². The maximum absolute atomic E-state index is 5.89. The van der Waals surface area contributed by atoms with Gasteiger partial charge in [-0.05, 0) is 12.8 Å². The molecule has 1 aliphatic rings. The van der Waals surface area contributed by atoms with Crippen LogP contribution in [-0.2, 0) is 9.47 Å². The Bertz CT molecular complexity index is 278. The zero-order chi connectivity index (χ0) is 17.3. The summed E-state index contributed by atoms with van der Waals surface area (Å²) < 4.78 is 11.8. The molecule has 0 aromatic rings.